The van der Waals surface area contributed by atoms with Gasteiger partial charge < -0.3 is 9.47 Å². The van der Waals surface area contributed by atoms with E-state index in [0.717, 1.165) is 5.56 Å². The first-order valence-electron chi connectivity index (χ1n) is 5.06. The van der Waals surface area contributed by atoms with Crippen LogP contribution in [-0.4, -0.2) is 20.3 Å². The summed E-state index contributed by atoms with van der Waals surface area (Å²) in [5.74, 6) is 0.307. The summed E-state index contributed by atoms with van der Waals surface area (Å²) in [7, 11) is 1.58. The van der Waals surface area contributed by atoms with Crippen molar-refractivity contribution in [3.05, 3.63) is 29.6 Å². The summed E-state index contributed by atoms with van der Waals surface area (Å²) in [5, 5.41) is 0. The van der Waals surface area contributed by atoms with Gasteiger partial charge in [-0.2, -0.15) is 0 Å². The number of rotatable bonds is 5. The van der Waals surface area contributed by atoms with Crippen molar-refractivity contribution in [1.29, 1.82) is 0 Å². The highest BCUT2D eigenvalue weighted by molar-refractivity contribution is 5.30. The zero-order chi connectivity index (χ0) is 11.3. The number of hydrogen-bond donors (Lipinski definition) is 0. The molecule has 0 aliphatic heterocycles. The Morgan fingerprint density at radius 2 is 2.00 bits per heavy atom. The molecule has 0 aromatic heterocycles. The molecular weight excluding hydrogens is 195 g/mol. The van der Waals surface area contributed by atoms with Gasteiger partial charge in [0.1, 0.15) is 6.61 Å². The summed E-state index contributed by atoms with van der Waals surface area (Å²) in [6.45, 7) is 4.89. The van der Waals surface area contributed by atoms with Crippen LogP contribution in [0.5, 0.6) is 5.75 Å². The van der Waals surface area contributed by atoms with E-state index in [-0.39, 0.29) is 11.6 Å². The maximum atomic E-state index is 13.5. The molecule has 1 aromatic carbocycles. The summed E-state index contributed by atoms with van der Waals surface area (Å²) in [4.78, 5) is 0. The third-order valence-electron chi connectivity index (χ3n) is 2.17. The second-order valence-corrected chi connectivity index (χ2v) is 3.69. The molecule has 0 aliphatic rings. The molecule has 0 bridgehead atoms. The molecule has 15 heavy (non-hydrogen) atoms. The molecule has 0 spiro atoms. The minimum atomic E-state index is -0.308. The smallest absolute Gasteiger partial charge is 0.165 e. The van der Waals surface area contributed by atoms with Gasteiger partial charge in [0.25, 0.3) is 0 Å². The first-order valence-corrected chi connectivity index (χ1v) is 5.06. The Kier molecular flexibility index (Phi) is 4.56. The lowest BCUT2D eigenvalue weighted by molar-refractivity contribution is 0.144. The number of ether oxygens (including phenoxy) is 2. The Labute approximate surface area is 90.0 Å². The lowest BCUT2D eigenvalue weighted by Gasteiger charge is -2.09. The number of hydrogen-bond acceptors (Lipinski definition) is 2. The number of methoxy groups -OCH3 is 1. The van der Waals surface area contributed by atoms with Crippen LogP contribution in [0.15, 0.2) is 18.2 Å². The van der Waals surface area contributed by atoms with Crippen molar-refractivity contribution in [2.24, 2.45) is 0 Å². The van der Waals surface area contributed by atoms with E-state index in [1.165, 1.54) is 6.07 Å². The lowest BCUT2D eigenvalue weighted by atomic mass is 10.0. The molecule has 0 saturated heterocycles. The molecule has 0 radical (unpaired) electrons. The third-order valence-corrected chi connectivity index (χ3v) is 2.17. The SMILES string of the molecule is COCCOc1ccc(C(C)C)cc1F. The molecule has 0 amide bonds. The average molecular weight is 212 g/mol. The molecule has 0 fully saturated rings. The van der Waals surface area contributed by atoms with E-state index >= 15 is 0 Å². The molecule has 0 N–H and O–H groups in total. The Morgan fingerprint density at radius 1 is 1.27 bits per heavy atom. The molecule has 0 heterocycles. The highest BCUT2D eigenvalue weighted by Gasteiger charge is 2.06. The molecule has 0 atom stereocenters. The highest BCUT2D eigenvalue weighted by atomic mass is 19.1. The molecule has 0 saturated carbocycles. The van der Waals surface area contributed by atoms with Gasteiger partial charge in [0.05, 0.1) is 6.61 Å². The highest BCUT2D eigenvalue weighted by Crippen LogP contribution is 2.22. The topological polar surface area (TPSA) is 18.5 Å². The van der Waals surface area contributed by atoms with Crippen LogP contribution in [0.4, 0.5) is 4.39 Å². The second-order valence-electron chi connectivity index (χ2n) is 3.69. The van der Waals surface area contributed by atoms with Crippen LogP contribution in [0.3, 0.4) is 0 Å². The van der Waals surface area contributed by atoms with Crippen LogP contribution in [0.1, 0.15) is 25.3 Å². The quantitative estimate of drug-likeness (QED) is 0.698. The predicted molar refractivity (Wildman–Crippen MR) is 57.9 cm³/mol. The minimum absolute atomic E-state index is 0.288. The van der Waals surface area contributed by atoms with Gasteiger partial charge in [-0.3, -0.25) is 0 Å². The summed E-state index contributed by atoms with van der Waals surface area (Å²) in [6, 6.07) is 5.07. The standard InChI is InChI=1S/C12H17FO2/c1-9(2)10-4-5-12(11(13)8-10)15-7-6-14-3/h4-5,8-9H,6-7H2,1-3H3. The molecular formula is C12H17FO2. The average Bonchev–Trinajstić information content (AvgIpc) is 2.20. The Bertz CT molecular complexity index is 310. The van der Waals surface area contributed by atoms with Crippen LogP contribution in [-0.2, 0) is 4.74 Å². The van der Waals surface area contributed by atoms with E-state index in [2.05, 4.69) is 0 Å². The summed E-state index contributed by atoms with van der Waals surface area (Å²) >= 11 is 0. The van der Waals surface area contributed by atoms with Gasteiger partial charge in [-0.25, -0.2) is 4.39 Å². The van der Waals surface area contributed by atoms with E-state index in [9.17, 15) is 4.39 Å². The summed E-state index contributed by atoms with van der Waals surface area (Å²) in [5.41, 5.74) is 0.978. The van der Waals surface area contributed by atoms with E-state index in [0.29, 0.717) is 19.1 Å². The van der Waals surface area contributed by atoms with Crippen molar-refractivity contribution in [3.8, 4) is 5.75 Å². The zero-order valence-electron chi connectivity index (χ0n) is 9.42. The Balaban J connectivity index is 2.66. The fourth-order valence-electron chi connectivity index (χ4n) is 1.23. The van der Waals surface area contributed by atoms with Gasteiger partial charge in [0, 0.05) is 7.11 Å². The molecule has 1 rings (SSSR count). The third kappa shape index (κ3) is 3.51. The lowest BCUT2D eigenvalue weighted by Crippen LogP contribution is -2.05. The van der Waals surface area contributed by atoms with Gasteiger partial charge in [0.15, 0.2) is 11.6 Å². The van der Waals surface area contributed by atoms with Crippen molar-refractivity contribution < 1.29 is 13.9 Å². The monoisotopic (exact) mass is 212 g/mol. The molecule has 0 aliphatic carbocycles. The van der Waals surface area contributed by atoms with E-state index in [1.54, 1.807) is 13.2 Å². The first-order chi connectivity index (χ1) is 7.15. The minimum Gasteiger partial charge on any atom is -0.488 e. The Hall–Kier alpha value is -1.09. The van der Waals surface area contributed by atoms with Gasteiger partial charge in [-0.15, -0.1) is 0 Å². The van der Waals surface area contributed by atoms with Crippen molar-refractivity contribution in [2.45, 2.75) is 19.8 Å². The summed E-state index contributed by atoms with van der Waals surface area (Å²) < 4.78 is 23.5. The summed E-state index contributed by atoms with van der Waals surface area (Å²) in [6.07, 6.45) is 0. The van der Waals surface area contributed by atoms with E-state index in [1.807, 2.05) is 19.9 Å². The van der Waals surface area contributed by atoms with E-state index in [4.69, 9.17) is 9.47 Å². The van der Waals surface area contributed by atoms with Crippen molar-refractivity contribution in [2.75, 3.05) is 20.3 Å². The van der Waals surface area contributed by atoms with Crippen molar-refractivity contribution >= 4 is 0 Å². The first kappa shape index (κ1) is 12.0. The maximum Gasteiger partial charge on any atom is 0.165 e. The van der Waals surface area contributed by atoms with Crippen molar-refractivity contribution in [3.63, 3.8) is 0 Å². The number of benzene rings is 1. The largest absolute Gasteiger partial charge is 0.488 e. The van der Waals surface area contributed by atoms with Crippen molar-refractivity contribution in [1.82, 2.24) is 0 Å². The Morgan fingerprint density at radius 3 is 2.53 bits per heavy atom. The zero-order valence-corrected chi connectivity index (χ0v) is 9.42. The second kappa shape index (κ2) is 5.71. The molecule has 84 valence electrons. The maximum absolute atomic E-state index is 13.5. The molecule has 1 aromatic rings. The predicted octanol–water partition coefficient (Wildman–Crippen LogP) is 2.97. The molecule has 3 heteroatoms. The van der Waals surface area contributed by atoms with Crippen LogP contribution < -0.4 is 4.74 Å². The molecule has 2 nitrogen and oxygen atoms in total. The van der Waals surface area contributed by atoms with Gasteiger partial charge in [-0.05, 0) is 23.6 Å². The fourth-order valence-corrected chi connectivity index (χ4v) is 1.23. The van der Waals surface area contributed by atoms with Gasteiger partial charge in [0.2, 0.25) is 0 Å². The molecule has 0 unspecified atom stereocenters. The van der Waals surface area contributed by atoms with E-state index < -0.39 is 0 Å². The van der Waals surface area contributed by atoms with Crippen LogP contribution >= 0.6 is 0 Å². The van der Waals surface area contributed by atoms with Crippen LogP contribution in [0.2, 0.25) is 0 Å². The normalized spacial score (nSPS) is 10.7. The van der Waals surface area contributed by atoms with Gasteiger partial charge >= 0.3 is 0 Å². The number of halogens is 1. The van der Waals surface area contributed by atoms with Gasteiger partial charge in [-0.1, -0.05) is 19.9 Å². The van der Waals surface area contributed by atoms with Crippen LogP contribution in [0.25, 0.3) is 0 Å². The van der Waals surface area contributed by atoms with Crippen LogP contribution in [0, 0.1) is 5.82 Å². The fraction of sp³-hybridized carbons (Fsp3) is 0.500.